The second kappa shape index (κ2) is 7.72. The lowest BCUT2D eigenvalue weighted by Gasteiger charge is -2.03. The summed E-state index contributed by atoms with van der Waals surface area (Å²) in [6.45, 7) is 3.36. The lowest BCUT2D eigenvalue weighted by Crippen LogP contribution is -2.29. The van der Waals surface area contributed by atoms with Gasteiger partial charge in [0.25, 0.3) is 0 Å². The number of aromatic nitrogens is 1. The minimum atomic E-state index is -0.0274. The van der Waals surface area contributed by atoms with Gasteiger partial charge in [-0.3, -0.25) is 4.79 Å². The summed E-state index contributed by atoms with van der Waals surface area (Å²) in [6.07, 6.45) is 2.59. The molecule has 6 heteroatoms. The van der Waals surface area contributed by atoms with Gasteiger partial charge < -0.3 is 10.6 Å². The van der Waals surface area contributed by atoms with Gasteiger partial charge in [0.2, 0.25) is 5.91 Å². The number of nitrogens with zero attached hydrogens (tertiary/aromatic N) is 1. The number of hydrogen-bond acceptors (Lipinski definition) is 4. The van der Waals surface area contributed by atoms with Crippen molar-refractivity contribution in [3.8, 4) is 11.3 Å². The lowest BCUT2D eigenvalue weighted by atomic mass is 10.1. The van der Waals surface area contributed by atoms with Crippen LogP contribution in [0.4, 0.5) is 5.13 Å². The monoisotopic (exact) mass is 337 g/mol. The molecule has 4 nitrogen and oxygen atoms in total. The summed E-state index contributed by atoms with van der Waals surface area (Å²) in [6, 6.07) is 8.23. The molecule has 1 heterocycles. The maximum Gasteiger partial charge on any atom is 0.240 e. The van der Waals surface area contributed by atoms with E-state index in [-0.39, 0.29) is 18.3 Å². The van der Waals surface area contributed by atoms with Crippen molar-refractivity contribution in [2.24, 2.45) is 5.92 Å². The highest BCUT2D eigenvalue weighted by molar-refractivity contribution is 7.14. The molecule has 2 aromatic rings. The molecule has 2 N–H and O–H groups in total. The molecular formula is C16H20ClN3OS. The third-order valence-electron chi connectivity index (χ3n) is 3.51. The molecule has 1 aliphatic carbocycles. The minimum Gasteiger partial charge on any atom is -0.308 e. The van der Waals surface area contributed by atoms with Crippen LogP contribution in [0.2, 0.25) is 0 Å². The van der Waals surface area contributed by atoms with Crippen molar-refractivity contribution in [3.63, 3.8) is 0 Å². The molecule has 1 aromatic carbocycles. The van der Waals surface area contributed by atoms with Gasteiger partial charge in [-0.25, -0.2) is 4.98 Å². The van der Waals surface area contributed by atoms with Gasteiger partial charge >= 0.3 is 0 Å². The first-order valence-corrected chi connectivity index (χ1v) is 8.12. The molecular weight excluding hydrogens is 318 g/mol. The smallest absolute Gasteiger partial charge is 0.240 e. The van der Waals surface area contributed by atoms with E-state index >= 15 is 0 Å². The number of rotatable bonds is 6. The lowest BCUT2D eigenvalue weighted by molar-refractivity contribution is -0.115. The third-order valence-corrected chi connectivity index (χ3v) is 4.27. The second-order valence-corrected chi connectivity index (χ2v) is 6.38. The van der Waals surface area contributed by atoms with E-state index in [0.717, 1.165) is 23.7 Å². The van der Waals surface area contributed by atoms with Crippen molar-refractivity contribution < 1.29 is 4.79 Å². The molecule has 22 heavy (non-hydrogen) atoms. The highest BCUT2D eigenvalue weighted by atomic mass is 35.5. The summed E-state index contributed by atoms with van der Waals surface area (Å²) in [4.78, 5) is 16.3. The highest BCUT2D eigenvalue weighted by Crippen LogP contribution is 2.27. The molecule has 1 fully saturated rings. The Morgan fingerprint density at radius 3 is 2.73 bits per heavy atom. The fourth-order valence-electron chi connectivity index (χ4n) is 2.06. The standard InChI is InChI=1S/C16H19N3OS.ClH/c1-11-2-6-13(7-3-11)14-10-21-16(18-14)19-15(20)9-17-8-12-4-5-12;/h2-3,6-7,10,12,17H,4-5,8-9H2,1H3,(H,18,19,20);1H. The van der Waals surface area contributed by atoms with E-state index in [9.17, 15) is 4.79 Å². The van der Waals surface area contributed by atoms with Crippen LogP contribution in [0.25, 0.3) is 11.3 Å². The zero-order valence-electron chi connectivity index (χ0n) is 12.5. The van der Waals surface area contributed by atoms with Crippen LogP contribution < -0.4 is 10.6 Å². The Morgan fingerprint density at radius 2 is 2.05 bits per heavy atom. The first-order valence-electron chi connectivity index (χ1n) is 7.24. The SMILES string of the molecule is Cc1ccc(-c2csc(NC(=O)CNCC3CC3)n2)cc1.Cl. The van der Waals surface area contributed by atoms with Crippen molar-refractivity contribution in [2.45, 2.75) is 19.8 Å². The quantitative estimate of drug-likeness (QED) is 0.848. The zero-order valence-corrected chi connectivity index (χ0v) is 14.1. The van der Waals surface area contributed by atoms with Gasteiger partial charge in [0.05, 0.1) is 12.2 Å². The number of nitrogens with one attached hydrogen (secondary N) is 2. The summed E-state index contributed by atoms with van der Waals surface area (Å²) >= 11 is 1.46. The second-order valence-electron chi connectivity index (χ2n) is 5.53. The van der Waals surface area contributed by atoms with E-state index in [1.54, 1.807) is 0 Å². The normalized spacial score (nSPS) is 13.5. The number of amides is 1. The number of carbonyl (C=O) groups is 1. The van der Waals surface area contributed by atoms with Gasteiger partial charge in [-0.2, -0.15) is 0 Å². The van der Waals surface area contributed by atoms with Gasteiger partial charge in [-0.05, 0) is 32.2 Å². The van der Waals surface area contributed by atoms with Gasteiger partial charge in [0.1, 0.15) is 0 Å². The molecule has 3 rings (SSSR count). The van der Waals surface area contributed by atoms with E-state index in [0.29, 0.717) is 11.7 Å². The Bertz CT molecular complexity index is 623. The minimum absolute atomic E-state index is 0. The summed E-state index contributed by atoms with van der Waals surface area (Å²) in [5, 5.41) is 8.65. The number of thiazole rings is 1. The fraction of sp³-hybridized carbons (Fsp3) is 0.375. The maximum atomic E-state index is 11.8. The molecule has 0 radical (unpaired) electrons. The number of benzene rings is 1. The zero-order chi connectivity index (χ0) is 14.7. The largest absolute Gasteiger partial charge is 0.308 e. The van der Waals surface area contributed by atoms with Crippen molar-refractivity contribution in [1.82, 2.24) is 10.3 Å². The van der Waals surface area contributed by atoms with Gasteiger partial charge in [-0.15, -0.1) is 23.7 Å². The average Bonchev–Trinajstić information content (AvgIpc) is 3.18. The van der Waals surface area contributed by atoms with Crippen LogP contribution in [0, 0.1) is 12.8 Å². The number of anilines is 1. The van der Waals surface area contributed by atoms with E-state index in [1.807, 2.05) is 17.5 Å². The molecule has 118 valence electrons. The molecule has 0 atom stereocenters. The van der Waals surface area contributed by atoms with Crippen LogP contribution in [0.15, 0.2) is 29.6 Å². The van der Waals surface area contributed by atoms with Gasteiger partial charge in [-0.1, -0.05) is 29.8 Å². The van der Waals surface area contributed by atoms with Crippen LogP contribution in [-0.4, -0.2) is 24.0 Å². The highest BCUT2D eigenvalue weighted by Gasteiger charge is 2.20. The topological polar surface area (TPSA) is 54.0 Å². The van der Waals surface area contributed by atoms with Gasteiger partial charge in [0, 0.05) is 10.9 Å². The van der Waals surface area contributed by atoms with Crippen LogP contribution in [0.1, 0.15) is 18.4 Å². The Morgan fingerprint density at radius 1 is 1.32 bits per heavy atom. The van der Waals surface area contributed by atoms with Crippen LogP contribution >= 0.6 is 23.7 Å². The van der Waals surface area contributed by atoms with Gasteiger partial charge in [0.15, 0.2) is 5.13 Å². The van der Waals surface area contributed by atoms with Crippen molar-refractivity contribution >= 4 is 34.8 Å². The third kappa shape index (κ3) is 4.80. The first-order chi connectivity index (χ1) is 10.2. The molecule has 1 saturated carbocycles. The average molecular weight is 338 g/mol. The predicted molar refractivity (Wildman–Crippen MR) is 93.8 cm³/mol. The molecule has 0 bridgehead atoms. The Labute approximate surface area is 140 Å². The number of carbonyl (C=O) groups excluding carboxylic acids is 1. The van der Waals surface area contributed by atoms with E-state index in [4.69, 9.17) is 0 Å². The Hall–Kier alpha value is -1.43. The Balaban J connectivity index is 0.00000176. The molecule has 0 aliphatic heterocycles. The van der Waals surface area contributed by atoms with Crippen molar-refractivity contribution in [2.75, 3.05) is 18.4 Å². The summed E-state index contributed by atoms with van der Waals surface area (Å²) in [5.41, 5.74) is 3.20. The van der Waals surface area contributed by atoms with Crippen molar-refractivity contribution in [1.29, 1.82) is 0 Å². The maximum absolute atomic E-state index is 11.8. The fourth-order valence-corrected chi connectivity index (χ4v) is 2.80. The molecule has 0 unspecified atom stereocenters. The molecule has 1 amide bonds. The Kier molecular flexibility index (Phi) is 5.94. The van der Waals surface area contributed by atoms with Crippen LogP contribution in [-0.2, 0) is 4.79 Å². The van der Waals surface area contributed by atoms with E-state index in [1.165, 1.54) is 29.7 Å². The van der Waals surface area contributed by atoms with Crippen LogP contribution in [0.5, 0.6) is 0 Å². The van der Waals surface area contributed by atoms with E-state index < -0.39 is 0 Å². The summed E-state index contributed by atoms with van der Waals surface area (Å²) in [5.74, 6) is 0.756. The number of aryl methyl sites for hydroxylation is 1. The van der Waals surface area contributed by atoms with Crippen molar-refractivity contribution in [3.05, 3.63) is 35.2 Å². The summed E-state index contributed by atoms with van der Waals surface area (Å²) < 4.78 is 0. The predicted octanol–water partition coefficient (Wildman–Crippen LogP) is 3.48. The molecule has 0 saturated heterocycles. The molecule has 1 aromatic heterocycles. The first kappa shape index (κ1) is 16.9. The number of halogens is 1. The number of hydrogen-bond donors (Lipinski definition) is 2. The van der Waals surface area contributed by atoms with Crippen LogP contribution in [0.3, 0.4) is 0 Å². The molecule has 1 aliphatic rings. The van der Waals surface area contributed by atoms with E-state index in [2.05, 4.69) is 34.7 Å². The summed E-state index contributed by atoms with van der Waals surface area (Å²) in [7, 11) is 0. The molecule has 0 spiro atoms.